The number of hydrogen-bond acceptors (Lipinski definition) is 6. The van der Waals surface area contributed by atoms with Crippen LogP contribution < -0.4 is 5.32 Å². The molecule has 0 bridgehead atoms. The average molecular weight is 610 g/mol. The van der Waals surface area contributed by atoms with Gasteiger partial charge in [-0.2, -0.15) is 13.2 Å². The molecule has 2 heterocycles. The number of rotatable bonds is 8. The molecule has 0 spiro atoms. The average Bonchev–Trinajstić information content (AvgIpc) is 3.32. The number of fused-ring (bicyclic) bond motifs is 1. The fraction of sp³-hybridized carbons (Fsp3) is 0.367. The Kier molecular flexibility index (Phi) is 13.6. The van der Waals surface area contributed by atoms with E-state index < -0.39 is 11.7 Å². The van der Waals surface area contributed by atoms with E-state index in [-0.39, 0.29) is 22.6 Å². The van der Waals surface area contributed by atoms with E-state index in [1.165, 1.54) is 62.7 Å². The number of carbonyl (C=O) groups excluding carboxylic acids is 1. The Morgan fingerprint density at radius 1 is 0.976 bits per heavy atom. The summed E-state index contributed by atoms with van der Waals surface area (Å²) in [4.78, 5) is 20.5. The van der Waals surface area contributed by atoms with Crippen molar-refractivity contribution in [1.82, 2.24) is 15.3 Å². The van der Waals surface area contributed by atoms with Crippen molar-refractivity contribution >= 4 is 29.4 Å². The number of nitrogens with zero attached hydrogens (tertiary/aromatic N) is 2. The predicted molar refractivity (Wildman–Crippen MR) is 156 cm³/mol. The summed E-state index contributed by atoms with van der Waals surface area (Å²) >= 11 is 3.99. The number of aryl methyl sites for hydroxylation is 1. The van der Waals surface area contributed by atoms with Crippen molar-refractivity contribution in [2.24, 2.45) is 5.92 Å². The Morgan fingerprint density at radius 3 is 2.38 bits per heavy atom. The van der Waals surface area contributed by atoms with E-state index in [1.54, 1.807) is 18.2 Å². The minimum Gasteiger partial charge on any atom is -0.450 e. The molecule has 12 heteroatoms. The summed E-state index contributed by atoms with van der Waals surface area (Å²) < 4.78 is 55.8. The molecule has 5 rings (SSSR count). The number of thiol groups is 1. The number of benzene rings is 2. The summed E-state index contributed by atoms with van der Waals surface area (Å²) in [5, 5.41) is 4.52. The van der Waals surface area contributed by atoms with Gasteiger partial charge in [-0.25, -0.2) is 14.4 Å². The van der Waals surface area contributed by atoms with Gasteiger partial charge in [0.1, 0.15) is 23.5 Å². The van der Waals surface area contributed by atoms with Crippen LogP contribution in [0.3, 0.4) is 0 Å². The van der Waals surface area contributed by atoms with Crippen molar-refractivity contribution in [2.75, 3.05) is 13.1 Å². The van der Waals surface area contributed by atoms with E-state index in [2.05, 4.69) is 27.9 Å². The maximum atomic E-state index is 12.7. The highest BCUT2D eigenvalue weighted by atomic mass is 32.1. The van der Waals surface area contributed by atoms with Crippen LogP contribution >= 0.6 is 12.6 Å². The summed E-state index contributed by atoms with van der Waals surface area (Å²) in [5.41, 5.74) is 1.81. The number of Topliss-reactive ketones (excluding diaryl/α,β-unsaturated/α-hetero) is 1. The van der Waals surface area contributed by atoms with Crippen molar-refractivity contribution < 1.29 is 37.7 Å². The van der Waals surface area contributed by atoms with E-state index in [0.29, 0.717) is 52.9 Å². The molecule has 7 nitrogen and oxygen atoms in total. The van der Waals surface area contributed by atoms with Crippen LogP contribution in [-0.4, -0.2) is 39.8 Å². The molecule has 2 aromatic heterocycles. The fourth-order valence-electron chi connectivity index (χ4n) is 4.69. The molecular weight excluding hydrogens is 574 g/mol. The SMILES string of the molecule is Fc1ccc2oc(S)cc2c1.O.O.O=C(CCc1cc(-c2ccc(C(F)(F)F)cc2)ncn1)CNCC1CCCCC1. The third-order valence-corrected chi connectivity index (χ3v) is 7.06. The number of halogens is 4. The van der Waals surface area contributed by atoms with Gasteiger partial charge in [-0.1, -0.05) is 31.4 Å². The van der Waals surface area contributed by atoms with E-state index in [1.807, 2.05) is 0 Å². The van der Waals surface area contributed by atoms with Crippen molar-refractivity contribution in [1.29, 1.82) is 0 Å². The van der Waals surface area contributed by atoms with Crippen LogP contribution in [0.4, 0.5) is 17.6 Å². The minimum absolute atomic E-state index is 0. The summed E-state index contributed by atoms with van der Waals surface area (Å²) in [7, 11) is 0. The van der Waals surface area contributed by atoms with E-state index in [9.17, 15) is 22.4 Å². The van der Waals surface area contributed by atoms with Crippen LogP contribution in [0.15, 0.2) is 70.4 Å². The van der Waals surface area contributed by atoms with Crippen molar-refractivity contribution in [3.05, 3.63) is 78.0 Å². The lowest BCUT2D eigenvalue weighted by atomic mass is 9.89. The van der Waals surface area contributed by atoms with Crippen LogP contribution in [0.5, 0.6) is 0 Å². The molecule has 228 valence electrons. The molecule has 4 aromatic rings. The molecule has 0 saturated heterocycles. The Labute approximate surface area is 246 Å². The van der Waals surface area contributed by atoms with Gasteiger partial charge in [-0.05, 0) is 74.2 Å². The Hall–Kier alpha value is -3.32. The van der Waals surface area contributed by atoms with Gasteiger partial charge in [0.05, 0.1) is 17.8 Å². The lowest BCUT2D eigenvalue weighted by molar-refractivity contribution is -0.137. The molecular formula is C30H35F4N3O4S. The van der Waals surface area contributed by atoms with Gasteiger partial charge in [0.25, 0.3) is 0 Å². The van der Waals surface area contributed by atoms with Crippen molar-refractivity contribution in [3.63, 3.8) is 0 Å². The number of furan rings is 1. The highest BCUT2D eigenvalue weighted by molar-refractivity contribution is 7.80. The molecule has 0 radical (unpaired) electrons. The van der Waals surface area contributed by atoms with Crippen LogP contribution in [0, 0.1) is 11.7 Å². The second-order valence-corrected chi connectivity index (χ2v) is 10.4. The third-order valence-electron chi connectivity index (χ3n) is 6.84. The summed E-state index contributed by atoms with van der Waals surface area (Å²) in [5.74, 6) is 0.562. The van der Waals surface area contributed by atoms with Crippen molar-refractivity contribution in [3.8, 4) is 11.3 Å². The van der Waals surface area contributed by atoms with Crippen LogP contribution in [0.1, 0.15) is 49.8 Å². The van der Waals surface area contributed by atoms with Crippen LogP contribution in [0.2, 0.25) is 0 Å². The molecule has 0 amide bonds. The van der Waals surface area contributed by atoms with Crippen LogP contribution in [0.25, 0.3) is 22.2 Å². The molecule has 0 unspecified atom stereocenters. The molecule has 2 aromatic carbocycles. The first-order valence-corrected chi connectivity index (χ1v) is 13.7. The molecule has 42 heavy (non-hydrogen) atoms. The summed E-state index contributed by atoms with van der Waals surface area (Å²) in [6.45, 7) is 1.27. The number of ketones is 1. The van der Waals surface area contributed by atoms with Gasteiger partial charge in [0.2, 0.25) is 0 Å². The predicted octanol–water partition coefficient (Wildman–Crippen LogP) is 6.05. The molecule has 0 atom stereocenters. The monoisotopic (exact) mass is 609 g/mol. The van der Waals surface area contributed by atoms with Crippen molar-refractivity contribution in [2.45, 2.75) is 56.2 Å². The Morgan fingerprint density at radius 2 is 1.69 bits per heavy atom. The number of carbonyl (C=O) groups is 1. The first-order chi connectivity index (χ1) is 19.2. The molecule has 0 aliphatic heterocycles. The first kappa shape index (κ1) is 34.9. The second-order valence-electron chi connectivity index (χ2n) is 9.91. The number of hydrogen-bond donors (Lipinski definition) is 2. The third kappa shape index (κ3) is 10.5. The van der Waals surface area contributed by atoms with E-state index >= 15 is 0 Å². The zero-order chi connectivity index (χ0) is 28.5. The van der Waals surface area contributed by atoms with Gasteiger partial charge < -0.3 is 20.7 Å². The molecule has 1 fully saturated rings. The molecule has 1 aliphatic rings. The van der Waals surface area contributed by atoms with E-state index in [0.717, 1.165) is 24.1 Å². The highest BCUT2D eigenvalue weighted by Crippen LogP contribution is 2.30. The number of aromatic nitrogens is 2. The Balaban J connectivity index is 0.000000397. The Bertz CT molecular complexity index is 1410. The number of nitrogens with one attached hydrogen (secondary N) is 1. The zero-order valence-corrected chi connectivity index (χ0v) is 23.8. The topological polar surface area (TPSA) is 131 Å². The maximum Gasteiger partial charge on any atom is 0.416 e. The molecule has 1 saturated carbocycles. The maximum absolute atomic E-state index is 12.7. The van der Waals surface area contributed by atoms with Gasteiger partial charge in [0, 0.05) is 23.1 Å². The van der Waals surface area contributed by atoms with Gasteiger partial charge in [0.15, 0.2) is 5.09 Å². The summed E-state index contributed by atoms with van der Waals surface area (Å²) in [6, 6.07) is 12.6. The number of alkyl halides is 3. The van der Waals surface area contributed by atoms with Gasteiger partial charge in [-0.15, -0.1) is 12.6 Å². The quantitative estimate of drug-likeness (QED) is 0.186. The normalized spacial score (nSPS) is 13.5. The van der Waals surface area contributed by atoms with Crippen LogP contribution in [-0.2, 0) is 17.4 Å². The fourth-order valence-corrected chi connectivity index (χ4v) is 4.92. The minimum atomic E-state index is -4.36. The summed E-state index contributed by atoms with van der Waals surface area (Å²) in [6.07, 6.45) is 4.27. The largest absolute Gasteiger partial charge is 0.450 e. The molecule has 5 N–H and O–H groups in total. The first-order valence-electron chi connectivity index (χ1n) is 13.3. The lowest BCUT2D eigenvalue weighted by Crippen LogP contribution is -2.29. The van der Waals surface area contributed by atoms with Gasteiger partial charge >= 0.3 is 6.18 Å². The smallest absolute Gasteiger partial charge is 0.416 e. The lowest BCUT2D eigenvalue weighted by Gasteiger charge is -2.21. The standard InChI is InChI=1S/C22H26F3N3O.C8H5FOS.2H2O/c23-22(24,25)18-8-6-17(7-9-18)21-12-19(27-15-28-21)10-11-20(29)14-26-13-16-4-2-1-3-5-16;9-6-1-2-7-5(3-6)4-8(11)10-7;;/h6-9,12,15-16,26H,1-5,10-11,13-14H2;1-4,11H;2*1H2. The highest BCUT2D eigenvalue weighted by Gasteiger charge is 2.30. The zero-order valence-electron chi connectivity index (χ0n) is 22.9. The van der Waals surface area contributed by atoms with E-state index in [4.69, 9.17) is 4.42 Å². The second kappa shape index (κ2) is 16.4. The van der Waals surface area contributed by atoms with Gasteiger partial charge in [-0.3, -0.25) is 4.79 Å². The molecule has 1 aliphatic carbocycles.